The lowest BCUT2D eigenvalue weighted by Gasteiger charge is -2.22. The van der Waals surface area contributed by atoms with Gasteiger partial charge in [-0.25, -0.2) is 0 Å². The summed E-state index contributed by atoms with van der Waals surface area (Å²) in [6.07, 6.45) is 3.16. The van der Waals surface area contributed by atoms with Crippen molar-refractivity contribution in [1.29, 1.82) is 0 Å². The average Bonchev–Trinajstić information content (AvgIpc) is 2.50. The lowest BCUT2D eigenvalue weighted by Crippen LogP contribution is -2.08. The Morgan fingerprint density at radius 2 is 1.38 bits per heavy atom. The highest BCUT2D eigenvalue weighted by Crippen LogP contribution is 2.33. The second kappa shape index (κ2) is 7.74. The molecule has 0 atom stereocenters. The molecule has 2 rings (SSSR count). The molecule has 0 heterocycles. The molecule has 24 heavy (non-hydrogen) atoms. The number of benzene rings is 2. The number of nitrogens with two attached hydrogens (primary N) is 2. The van der Waals surface area contributed by atoms with Crippen LogP contribution in [0.25, 0.3) is 0 Å². The molecule has 2 aromatic carbocycles. The number of hydrogen-bond donors (Lipinski definition) is 2. The van der Waals surface area contributed by atoms with Crippen LogP contribution in [0, 0.1) is 0 Å². The summed E-state index contributed by atoms with van der Waals surface area (Å²) in [5, 5.41) is 0. The highest BCUT2D eigenvalue weighted by Gasteiger charge is 2.17. The Bertz CT molecular complexity index is 670. The Balaban J connectivity index is 2.56. The van der Waals surface area contributed by atoms with Crippen LogP contribution in [-0.4, -0.2) is 0 Å². The first kappa shape index (κ1) is 18.4. The van der Waals surface area contributed by atoms with Crippen LogP contribution in [0.1, 0.15) is 80.7 Å². The molecule has 0 saturated heterocycles. The summed E-state index contributed by atoms with van der Waals surface area (Å²) in [5.74, 6) is 0.925. The SMILES string of the molecule is CCCc1cc(N)ccc1Cc1c(C(C)C)cc(N)cc1C(C)C. The van der Waals surface area contributed by atoms with Crippen LogP contribution in [0.5, 0.6) is 0 Å². The molecule has 2 heteroatoms. The third-order valence-electron chi connectivity index (χ3n) is 4.70. The summed E-state index contributed by atoms with van der Waals surface area (Å²) >= 11 is 0. The van der Waals surface area contributed by atoms with E-state index in [0.29, 0.717) is 11.8 Å². The third-order valence-corrected chi connectivity index (χ3v) is 4.70. The molecular formula is C22H32N2. The second-order valence-corrected chi connectivity index (χ2v) is 7.44. The Morgan fingerprint density at radius 3 is 1.88 bits per heavy atom. The molecular weight excluding hydrogens is 292 g/mol. The van der Waals surface area contributed by atoms with Crippen molar-refractivity contribution in [2.45, 2.75) is 65.7 Å². The van der Waals surface area contributed by atoms with Crippen LogP contribution in [0.3, 0.4) is 0 Å². The smallest absolute Gasteiger partial charge is 0.0319 e. The fraction of sp³-hybridized carbons (Fsp3) is 0.455. The molecule has 0 amide bonds. The lowest BCUT2D eigenvalue weighted by atomic mass is 9.84. The minimum Gasteiger partial charge on any atom is -0.399 e. The van der Waals surface area contributed by atoms with E-state index in [4.69, 9.17) is 11.5 Å². The summed E-state index contributed by atoms with van der Waals surface area (Å²) < 4.78 is 0. The summed E-state index contributed by atoms with van der Waals surface area (Å²) in [6.45, 7) is 11.2. The van der Waals surface area contributed by atoms with Crippen molar-refractivity contribution < 1.29 is 0 Å². The molecule has 130 valence electrons. The molecule has 0 aromatic heterocycles. The van der Waals surface area contributed by atoms with Gasteiger partial charge in [0.1, 0.15) is 0 Å². The van der Waals surface area contributed by atoms with Gasteiger partial charge in [0.25, 0.3) is 0 Å². The number of nitrogen functional groups attached to an aromatic ring is 2. The normalized spacial score (nSPS) is 11.5. The molecule has 0 fully saturated rings. The van der Waals surface area contributed by atoms with Gasteiger partial charge in [-0.3, -0.25) is 0 Å². The minimum atomic E-state index is 0.462. The molecule has 2 aromatic rings. The van der Waals surface area contributed by atoms with E-state index in [2.05, 4.69) is 58.9 Å². The Morgan fingerprint density at radius 1 is 0.792 bits per heavy atom. The van der Waals surface area contributed by atoms with Crippen LogP contribution in [0.4, 0.5) is 11.4 Å². The Labute approximate surface area is 147 Å². The van der Waals surface area contributed by atoms with Gasteiger partial charge in [-0.15, -0.1) is 0 Å². The van der Waals surface area contributed by atoms with E-state index in [1.54, 1.807) is 0 Å². The summed E-state index contributed by atoms with van der Waals surface area (Å²) in [4.78, 5) is 0. The van der Waals surface area contributed by atoms with Gasteiger partial charge in [0.15, 0.2) is 0 Å². The Kier molecular flexibility index (Phi) is 5.93. The minimum absolute atomic E-state index is 0.462. The van der Waals surface area contributed by atoms with Crippen molar-refractivity contribution in [3.05, 3.63) is 58.1 Å². The van der Waals surface area contributed by atoms with Crippen molar-refractivity contribution in [1.82, 2.24) is 0 Å². The van der Waals surface area contributed by atoms with Gasteiger partial charge in [0, 0.05) is 11.4 Å². The zero-order chi connectivity index (χ0) is 17.9. The second-order valence-electron chi connectivity index (χ2n) is 7.44. The first-order chi connectivity index (χ1) is 11.3. The fourth-order valence-corrected chi connectivity index (χ4v) is 3.49. The van der Waals surface area contributed by atoms with Gasteiger partial charge in [-0.2, -0.15) is 0 Å². The summed E-state index contributed by atoms with van der Waals surface area (Å²) in [7, 11) is 0. The molecule has 4 N–H and O–H groups in total. The monoisotopic (exact) mass is 324 g/mol. The molecule has 0 aliphatic rings. The van der Waals surface area contributed by atoms with Crippen molar-refractivity contribution in [3.63, 3.8) is 0 Å². The van der Waals surface area contributed by atoms with Gasteiger partial charge >= 0.3 is 0 Å². The average molecular weight is 325 g/mol. The third kappa shape index (κ3) is 4.11. The van der Waals surface area contributed by atoms with E-state index in [-0.39, 0.29) is 0 Å². The van der Waals surface area contributed by atoms with E-state index >= 15 is 0 Å². The summed E-state index contributed by atoms with van der Waals surface area (Å²) in [5.41, 5.74) is 20.9. The topological polar surface area (TPSA) is 52.0 Å². The maximum Gasteiger partial charge on any atom is 0.0319 e. The van der Waals surface area contributed by atoms with Gasteiger partial charge in [0.05, 0.1) is 0 Å². The molecule has 0 aliphatic carbocycles. The molecule has 2 nitrogen and oxygen atoms in total. The highest BCUT2D eigenvalue weighted by atomic mass is 14.5. The molecule has 0 unspecified atom stereocenters. The van der Waals surface area contributed by atoms with Crippen LogP contribution < -0.4 is 11.5 Å². The van der Waals surface area contributed by atoms with Crippen molar-refractivity contribution in [3.8, 4) is 0 Å². The van der Waals surface area contributed by atoms with E-state index in [1.807, 2.05) is 6.07 Å². The first-order valence-corrected chi connectivity index (χ1v) is 9.12. The quantitative estimate of drug-likeness (QED) is 0.675. The van der Waals surface area contributed by atoms with Crippen LogP contribution in [0.2, 0.25) is 0 Å². The standard InChI is InChI=1S/C22H32N2/c1-6-7-16-10-18(23)9-8-17(16)11-22-20(14(2)3)12-19(24)13-21(22)15(4)5/h8-10,12-15H,6-7,11,23-24H2,1-5H3. The highest BCUT2D eigenvalue weighted by molar-refractivity contribution is 5.54. The molecule has 0 saturated carbocycles. The van der Waals surface area contributed by atoms with E-state index in [0.717, 1.165) is 30.6 Å². The number of anilines is 2. The first-order valence-electron chi connectivity index (χ1n) is 9.12. The summed E-state index contributed by atoms with van der Waals surface area (Å²) in [6, 6.07) is 10.7. The van der Waals surface area contributed by atoms with Gasteiger partial charge in [-0.1, -0.05) is 47.1 Å². The van der Waals surface area contributed by atoms with Crippen molar-refractivity contribution >= 4 is 11.4 Å². The molecule has 0 radical (unpaired) electrons. The Hall–Kier alpha value is -1.96. The lowest BCUT2D eigenvalue weighted by molar-refractivity contribution is 0.803. The number of rotatable bonds is 6. The van der Waals surface area contributed by atoms with E-state index in [1.165, 1.54) is 27.8 Å². The number of hydrogen-bond acceptors (Lipinski definition) is 2. The van der Waals surface area contributed by atoms with Gasteiger partial charge < -0.3 is 11.5 Å². The van der Waals surface area contributed by atoms with Gasteiger partial charge in [-0.05, 0) is 76.8 Å². The van der Waals surface area contributed by atoms with Crippen molar-refractivity contribution in [2.24, 2.45) is 0 Å². The largest absolute Gasteiger partial charge is 0.399 e. The van der Waals surface area contributed by atoms with Crippen LogP contribution in [0.15, 0.2) is 30.3 Å². The maximum atomic E-state index is 6.18. The number of aryl methyl sites for hydroxylation is 1. The maximum absolute atomic E-state index is 6.18. The van der Waals surface area contributed by atoms with Crippen LogP contribution in [-0.2, 0) is 12.8 Å². The molecule has 0 aliphatic heterocycles. The van der Waals surface area contributed by atoms with Crippen molar-refractivity contribution in [2.75, 3.05) is 11.5 Å². The fourth-order valence-electron chi connectivity index (χ4n) is 3.49. The predicted octanol–water partition coefficient (Wildman–Crippen LogP) is 5.64. The molecule has 0 bridgehead atoms. The zero-order valence-corrected chi connectivity index (χ0v) is 15.8. The van der Waals surface area contributed by atoms with Gasteiger partial charge in [0.2, 0.25) is 0 Å². The predicted molar refractivity (Wildman–Crippen MR) is 107 cm³/mol. The van der Waals surface area contributed by atoms with E-state index in [9.17, 15) is 0 Å². The van der Waals surface area contributed by atoms with Crippen LogP contribution >= 0.6 is 0 Å². The van der Waals surface area contributed by atoms with E-state index < -0.39 is 0 Å². The zero-order valence-electron chi connectivity index (χ0n) is 15.8. The molecule has 0 spiro atoms.